The predicted molar refractivity (Wildman–Crippen MR) is 113 cm³/mol. The fraction of sp³-hybridized carbons (Fsp3) is 0.263. The van der Waals surface area contributed by atoms with Crippen molar-refractivity contribution in [3.05, 3.63) is 47.5 Å². The molecule has 2 heterocycles. The van der Waals surface area contributed by atoms with Gasteiger partial charge in [-0.05, 0) is 18.2 Å². The molecule has 0 aliphatic rings. The smallest absolute Gasteiger partial charge is 0.262 e. The zero-order chi connectivity index (χ0) is 21.5. The van der Waals surface area contributed by atoms with Gasteiger partial charge in [0, 0.05) is 23.9 Å². The van der Waals surface area contributed by atoms with Crippen molar-refractivity contribution in [3.63, 3.8) is 0 Å². The highest BCUT2D eigenvalue weighted by Gasteiger charge is 2.13. The van der Waals surface area contributed by atoms with E-state index in [1.54, 1.807) is 36.8 Å². The number of carbonyl (C=O) groups excluding carboxylic acids is 1. The number of rotatable bonds is 9. The van der Waals surface area contributed by atoms with Crippen LogP contribution in [0.1, 0.15) is 5.69 Å². The first-order chi connectivity index (χ1) is 14.5. The van der Waals surface area contributed by atoms with E-state index in [-0.39, 0.29) is 12.5 Å². The van der Waals surface area contributed by atoms with Gasteiger partial charge in [0.25, 0.3) is 5.91 Å². The van der Waals surface area contributed by atoms with Crippen LogP contribution >= 0.6 is 23.4 Å². The van der Waals surface area contributed by atoms with Gasteiger partial charge < -0.3 is 24.1 Å². The van der Waals surface area contributed by atoms with Crippen LogP contribution < -0.4 is 19.5 Å². The molecule has 1 amide bonds. The maximum atomic E-state index is 12.4. The molecule has 0 saturated heterocycles. The van der Waals surface area contributed by atoms with E-state index in [1.165, 1.54) is 26.0 Å². The van der Waals surface area contributed by atoms with Crippen LogP contribution in [0.4, 0.5) is 5.69 Å². The number of benzene rings is 1. The minimum absolute atomic E-state index is 0.230. The SMILES string of the molecule is COc1ccc(Cl)cc1NC(=O)COc1cc(CSc2nncn2C)ncc1OC. The Morgan fingerprint density at radius 2 is 2.00 bits per heavy atom. The first kappa shape index (κ1) is 21.7. The predicted octanol–water partition coefficient (Wildman–Crippen LogP) is 3.19. The Labute approximate surface area is 182 Å². The minimum atomic E-state index is -0.371. The average Bonchev–Trinajstić information content (AvgIpc) is 3.15. The minimum Gasteiger partial charge on any atom is -0.495 e. The summed E-state index contributed by atoms with van der Waals surface area (Å²) in [5.74, 6) is 1.52. The zero-order valence-corrected chi connectivity index (χ0v) is 18.2. The highest BCUT2D eigenvalue weighted by atomic mass is 35.5. The third-order valence-corrected chi connectivity index (χ3v) is 5.22. The van der Waals surface area contributed by atoms with Crippen molar-refractivity contribution in [1.29, 1.82) is 0 Å². The van der Waals surface area contributed by atoms with Gasteiger partial charge in [0.1, 0.15) is 12.1 Å². The van der Waals surface area contributed by atoms with Gasteiger partial charge in [-0.2, -0.15) is 0 Å². The molecule has 1 N–H and O–H groups in total. The summed E-state index contributed by atoms with van der Waals surface area (Å²) < 4.78 is 18.0. The lowest BCUT2D eigenvalue weighted by atomic mass is 10.3. The molecular weight excluding hydrogens is 430 g/mol. The van der Waals surface area contributed by atoms with E-state index in [4.69, 9.17) is 25.8 Å². The van der Waals surface area contributed by atoms with E-state index < -0.39 is 0 Å². The Kier molecular flexibility index (Phi) is 7.36. The van der Waals surface area contributed by atoms with Gasteiger partial charge in [-0.15, -0.1) is 10.2 Å². The van der Waals surface area contributed by atoms with Gasteiger partial charge in [0.05, 0.1) is 31.8 Å². The summed E-state index contributed by atoms with van der Waals surface area (Å²) in [5, 5.41) is 11.8. The van der Waals surface area contributed by atoms with Crippen molar-refractivity contribution < 1.29 is 19.0 Å². The van der Waals surface area contributed by atoms with E-state index in [2.05, 4.69) is 20.5 Å². The molecule has 11 heteroatoms. The molecule has 3 aromatic rings. The highest BCUT2D eigenvalue weighted by Crippen LogP contribution is 2.30. The Hall–Kier alpha value is -2.98. The molecule has 3 rings (SSSR count). The first-order valence-electron chi connectivity index (χ1n) is 8.76. The molecule has 0 unspecified atom stereocenters. The van der Waals surface area contributed by atoms with Crippen LogP contribution in [0.3, 0.4) is 0 Å². The van der Waals surface area contributed by atoms with Crippen molar-refractivity contribution in [2.24, 2.45) is 7.05 Å². The maximum Gasteiger partial charge on any atom is 0.262 e. The topological polar surface area (TPSA) is 100 Å². The van der Waals surface area contributed by atoms with Crippen LogP contribution in [0.5, 0.6) is 17.2 Å². The number of thioether (sulfide) groups is 1. The molecule has 0 atom stereocenters. The van der Waals surface area contributed by atoms with Crippen LogP contribution in [0.2, 0.25) is 5.02 Å². The number of nitrogens with zero attached hydrogens (tertiary/aromatic N) is 4. The van der Waals surface area contributed by atoms with Crippen molar-refractivity contribution >= 4 is 35.0 Å². The van der Waals surface area contributed by atoms with Crippen molar-refractivity contribution in [2.45, 2.75) is 10.9 Å². The number of carbonyl (C=O) groups is 1. The second-order valence-electron chi connectivity index (χ2n) is 6.02. The molecule has 0 aliphatic carbocycles. The summed E-state index contributed by atoms with van der Waals surface area (Å²) in [4.78, 5) is 16.7. The van der Waals surface area contributed by atoms with E-state index in [0.717, 1.165) is 10.9 Å². The number of hydrogen-bond acceptors (Lipinski definition) is 8. The van der Waals surface area contributed by atoms with Crippen LogP contribution in [-0.4, -0.2) is 46.5 Å². The summed E-state index contributed by atoms with van der Waals surface area (Å²) in [6.07, 6.45) is 3.19. The van der Waals surface area contributed by atoms with Gasteiger partial charge in [-0.25, -0.2) is 0 Å². The largest absolute Gasteiger partial charge is 0.495 e. The Morgan fingerprint density at radius 3 is 2.70 bits per heavy atom. The van der Waals surface area contributed by atoms with Crippen molar-refractivity contribution in [2.75, 3.05) is 26.1 Å². The highest BCUT2D eigenvalue weighted by molar-refractivity contribution is 7.98. The molecular formula is C19H20ClN5O4S. The Balaban J connectivity index is 1.64. The van der Waals surface area contributed by atoms with Gasteiger partial charge in [0.2, 0.25) is 0 Å². The number of amides is 1. The molecule has 158 valence electrons. The Morgan fingerprint density at radius 1 is 1.20 bits per heavy atom. The van der Waals surface area contributed by atoms with Gasteiger partial charge in [-0.3, -0.25) is 9.78 Å². The fourth-order valence-electron chi connectivity index (χ4n) is 2.46. The van der Waals surface area contributed by atoms with Crippen LogP contribution in [0, 0.1) is 0 Å². The molecule has 0 spiro atoms. The number of aromatic nitrogens is 4. The van der Waals surface area contributed by atoms with Crippen molar-refractivity contribution in [1.82, 2.24) is 19.7 Å². The number of hydrogen-bond donors (Lipinski definition) is 1. The number of pyridine rings is 1. The van der Waals surface area contributed by atoms with Crippen LogP contribution in [0.15, 0.2) is 41.9 Å². The summed E-state index contributed by atoms with van der Waals surface area (Å²) in [6, 6.07) is 6.68. The molecule has 0 saturated carbocycles. The third-order valence-electron chi connectivity index (χ3n) is 3.92. The average molecular weight is 450 g/mol. The summed E-state index contributed by atoms with van der Waals surface area (Å²) >= 11 is 7.48. The lowest BCUT2D eigenvalue weighted by Gasteiger charge is -2.13. The number of anilines is 1. The van der Waals surface area contributed by atoms with E-state index in [9.17, 15) is 4.79 Å². The molecule has 0 bridgehead atoms. The monoisotopic (exact) mass is 449 g/mol. The number of nitrogens with one attached hydrogen (secondary N) is 1. The molecule has 9 nitrogen and oxygen atoms in total. The van der Waals surface area contributed by atoms with Gasteiger partial charge >= 0.3 is 0 Å². The molecule has 0 aliphatic heterocycles. The number of methoxy groups -OCH3 is 2. The number of aryl methyl sites for hydroxylation is 1. The number of ether oxygens (including phenoxy) is 3. The summed E-state index contributed by atoms with van der Waals surface area (Å²) in [6.45, 7) is -0.230. The summed E-state index contributed by atoms with van der Waals surface area (Å²) in [5.41, 5.74) is 1.21. The normalized spacial score (nSPS) is 10.5. The lowest BCUT2D eigenvalue weighted by Crippen LogP contribution is -2.20. The molecule has 0 radical (unpaired) electrons. The van der Waals surface area contributed by atoms with Crippen LogP contribution in [-0.2, 0) is 17.6 Å². The zero-order valence-electron chi connectivity index (χ0n) is 16.6. The fourth-order valence-corrected chi connectivity index (χ4v) is 3.42. The van der Waals surface area contributed by atoms with Crippen LogP contribution in [0.25, 0.3) is 0 Å². The van der Waals surface area contributed by atoms with E-state index >= 15 is 0 Å². The molecule has 2 aromatic heterocycles. The van der Waals surface area contributed by atoms with Crippen molar-refractivity contribution in [3.8, 4) is 17.2 Å². The van der Waals surface area contributed by atoms with E-state index in [1.807, 2.05) is 11.6 Å². The van der Waals surface area contributed by atoms with Gasteiger partial charge in [0.15, 0.2) is 23.3 Å². The molecule has 1 aromatic carbocycles. The standard InChI is InChI=1S/C19H20ClN5O4S/c1-25-11-22-24-19(25)30-10-13-7-16(17(28-3)8-21-13)29-9-18(26)23-14-6-12(20)4-5-15(14)27-2/h4-8,11H,9-10H2,1-3H3,(H,23,26). The summed E-state index contributed by atoms with van der Waals surface area (Å²) in [7, 11) is 4.89. The molecule has 30 heavy (non-hydrogen) atoms. The second-order valence-corrected chi connectivity index (χ2v) is 7.40. The first-order valence-corrected chi connectivity index (χ1v) is 10.1. The number of halogens is 1. The molecule has 0 fully saturated rings. The second kappa shape index (κ2) is 10.2. The lowest BCUT2D eigenvalue weighted by molar-refractivity contribution is -0.118. The quantitative estimate of drug-likeness (QED) is 0.497. The van der Waals surface area contributed by atoms with E-state index in [0.29, 0.717) is 33.7 Å². The Bertz CT molecular complexity index is 1030. The maximum absolute atomic E-state index is 12.4. The third kappa shape index (κ3) is 5.55. The van der Waals surface area contributed by atoms with Gasteiger partial charge in [-0.1, -0.05) is 23.4 Å².